The Balaban J connectivity index is 1.88. The Morgan fingerprint density at radius 2 is 1.76 bits per heavy atom. The molecule has 0 heterocycles. The summed E-state index contributed by atoms with van der Waals surface area (Å²) < 4.78 is 0. The van der Waals surface area contributed by atoms with Crippen LogP contribution in [-0.4, -0.2) is 37.1 Å². The Labute approximate surface area is 107 Å². The zero-order valence-electron chi connectivity index (χ0n) is 12.2. The highest BCUT2D eigenvalue weighted by Crippen LogP contribution is 2.38. The number of rotatable bonds is 4. The van der Waals surface area contributed by atoms with E-state index in [1.54, 1.807) is 0 Å². The summed E-state index contributed by atoms with van der Waals surface area (Å²) in [5.41, 5.74) is 0.961. The lowest BCUT2D eigenvalue weighted by molar-refractivity contribution is 0.0457. The van der Waals surface area contributed by atoms with E-state index in [1.165, 1.54) is 51.5 Å². The van der Waals surface area contributed by atoms with E-state index in [4.69, 9.17) is 0 Å². The Morgan fingerprint density at radius 3 is 2.24 bits per heavy atom. The van der Waals surface area contributed by atoms with Crippen LogP contribution in [0, 0.1) is 5.41 Å². The van der Waals surface area contributed by atoms with Crippen LogP contribution in [0.4, 0.5) is 0 Å². The third-order valence-corrected chi connectivity index (χ3v) is 5.42. The largest absolute Gasteiger partial charge is 0.312 e. The number of nitrogens with one attached hydrogen (secondary N) is 1. The molecule has 2 aliphatic carbocycles. The molecule has 2 rings (SSSR count). The maximum atomic E-state index is 3.89. The van der Waals surface area contributed by atoms with E-state index < -0.39 is 0 Å². The summed E-state index contributed by atoms with van der Waals surface area (Å²) in [6.45, 7) is 6.06. The average Bonchev–Trinajstić information content (AvgIpc) is 2.17. The summed E-state index contributed by atoms with van der Waals surface area (Å²) >= 11 is 0. The van der Waals surface area contributed by atoms with Gasteiger partial charge in [0.05, 0.1) is 0 Å². The van der Waals surface area contributed by atoms with E-state index in [0.29, 0.717) is 11.0 Å². The molecule has 2 heteroatoms. The van der Waals surface area contributed by atoms with Crippen LogP contribution in [-0.2, 0) is 0 Å². The summed E-state index contributed by atoms with van der Waals surface area (Å²) in [5, 5.41) is 3.89. The van der Waals surface area contributed by atoms with Crippen molar-refractivity contribution in [3.8, 4) is 0 Å². The van der Waals surface area contributed by atoms with Gasteiger partial charge in [-0.2, -0.15) is 0 Å². The lowest BCUT2D eigenvalue weighted by atomic mass is 9.71. The van der Waals surface area contributed by atoms with E-state index in [-0.39, 0.29) is 0 Å². The van der Waals surface area contributed by atoms with Crippen molar-refractivity contribution in [3.05, 3.63) is 0 Å². The summed E-state index contributed by atoms with van der Waals surface area (Å²) in [7, 11) is 4.49. The summed E-state index contributed by atoms with van der Waals surface area (Å²) in [5.74, 6) is 0. The van der Waals surface area contributed by atoms with Gasteiger partial charge in [0.2, 0.25) is 0 Å². The standard InChI is InChI=1S/C15H30N2/c1-14(2)9-6-5-8-13(14)16-12-15(17(3)4)10-7-11-15/h13,16H,5-12H2,1-4H3. The highest BCUT2D eigenvalue weighted by molar-refractivity contribution is 4.99. The van der Waals surface area contributed by atoms with Gasteiger partial charge in [-0.1, -0.05) is 26.7 Å². The SMILES string of the molecule is CN(C)C1(CNC2CCCCC2(C)C)CCC1. The molecule has 0 aromatic rings. The van der Waals surface area contributed by atoms with Crippen LogP contribution in [0.2, 0.25) is 0 Å². The van der Waals surface area contributed by atoms with Crippen molar-refractivity contribution >= 4 is 0 Å². The minimum absolute atomic E-state index is 0.466. The van der Waals surface area contributed by atoms with E-state index >= 15 is 0 Å². The lowest BCUT2D eigenvalue weighted by Crippen LogP contribution is -2.59. The molecule has 0 spiro atoms. The van der Waals surface area contributed by atoms with Crippen LogP contribution in [0.1, 0.15) is 58.8 Å². The number of nitrogens with zero attached hydrogens (tertiary/aromatic N) is 1. The molecule has 0 saturated heterocycles. The summed E-state index contributed by atoms with van der Waals surface area (Å²) in [6.07, 6.45) is 9.75. The molecule has 0 aromatic carbocycles. The molecular formula is C15H30N2. The first-order valence-electron chi connectivity index (χ1n) is 7.37. The van der Waals surface area contributed by atoms with Crippen LogP contribution in [0.3, 0.4) is 0 Å². The highest BCUT2D eigenvalue weighted by atomic mass is 15.2. The van der Waals surface area contributed by atoms with Crippen LogP contribution < -0.4 is 5.32 Å². The first-order chi connectivity index (χ1) is 7.96. The van der Waals surface area contributed by atoms with E-state index in [9.17, 15) is 0 Å². The Morgan fingerprint density at radius 1 is 1.06 bits per heavy atom. The smallest absolute Gasteiger partial charge is 0.0328 e. The second kappa shape index (κ2) is 4.89. The quantitative estimate of drug-likeness (QED) is 0.810. The number of hydrogen-bond donors (Lipinski definition) is 1. The molecule has 0 amide bonds. The molecule has 1 unspecified atom stereocenters. The third kappa shape index (κ3) is 2.68. The fraction of sp³-hybridized carbons (Fsp3) is 1.00. The second-order valence-electron chi connectivity index (χ2n) is 7.14. The first-order valence-corrected chi connectivity index (χ1v) is 7.37. The van der Waals surface area contributed by atoms with Crippen molar-refractivity contribution in [1.29, 1.82) is 0 Å². The average molecular weight is 238 g/mol. The van der Waals surface area contributed by atoms with Gasteiger partial charge >= 0.3 is 0 Å². The van der Waals surface area contributed by atoms with Crippen molar-refractivity contribution < 1.29 is 0 Å². The highest BCUT2D eigenvalue weighted by Gasteiger charge is 2.40. The van der Waals surface area contributed by atoms with Crippen molar-refractivity contribution in [2.75, 3.05) is 20.6 Å². The second-order valence-corrected chi connectivity index (χ2v) is 7.14. The minimum Gasteiger partial charge on any atom is -0.312 e. The number of hydrogen-bond acceptors (Lipinski definition) is 2. The summed E-state index contributed by atoms with van der Waals surface area (Å²) in [6, 6.07) is 0.730. The zero-order valence-corrected chi connectivity index (χ0v) is 12.2. The molecular weight excluding hydrogens is 208 g/mol. The summed E-state index contributed by atoms with van der Waals surface area (Å²) in [4.78, 5) is 2.44. The lowest BCUT2D eigenvalue weighted by Gasteiger charge is -2.50. The molecule has 1 N–H and O–H groups in total. The molecule has 2 saturated carbocycles. The van der Waals surface area contributed by atoms with Crippen molar-refractivity contribution in [1.82, 2.24) is 10.2 Å². The van der Waals surface area contributed by atoms with Crippen molar-refractivity contribution in [3.63, 3.8) is 0 Å². The predicted molar refractivity (Wildman–Crippen MR) is 74.3 cm³/mol. The monoisotopic (exact) mass is 238 g/mol. The fourth-order valence-electron chi connectivity index (χ4n) is 3.55. The number of likely N-dealkylation sites (N-methyl/N-ethyl adjacent to an activating group) is 1. The van der Waals surface area contributed by atoms with Gasteiger partial charge in [-0.25, -0.2) is 0 Å². The molecule has 0 radical (unpaired) electrons. The molecule has 2 nitrogen and oxygen atoms in total. The van der Waals surface area contributed by atoms with Crippen LogP contribution >= 0.6 is 0 Å². The Hall–Kier alpha value is -0.0800. The van der Waals surface area contributed by atoms with Gasteiger partial charge in [0, 0.05) is 18.1 Å². The van der Waals surface area contributed by atoms with Gasteiger partial charge < -0.3 is 10.2 Å². The zero-order chi connectivity index (χ0) is 12.5. The Bertz CT molecular complexity index is 254. The van der Waals surface area contributed by atoms with Crippen LogP contribution in [0.25, 0.3) is 0 Å². The molecule has 2 aliphatic rings. The molecule has 17 heavy (non-hydrogen) atoms. The van der Waals surface area contributed by atoms with Crippen LogP contribution in [0.5, 0.6) is 0 Å². The molecule has 0 aromatic heterocycles. The molecule has 1 atom stereocenters. The maximum Gasteiger partial charge on any atom is 0.0328 e. The van der Waals surface area contributed by atoms with Gasteiger partial charge in [-0.05, 0) is 51.6 Å². The van der Waals surface area contributed by atoms with E-state index in [2.05, 4.69) is 38.2 Å². The Kier molecular flexibility index (Phi) is 3.84. The van der Waals surface area contributed by atoms with E-state index in [1.807, 2.05) is 0 Å². The molecule has 0 bridgehead atoms. The van der Waals surface area contributed by atoms with E-state index in [0.717, 1.165) is 6.04 Å². The predicted octanol–water partition coefficient (Wildman–Crippen LogP) is 3.03. The minimum atomic E-state index is 0.466. The van der Waals surface area contributed by atoms with Gasteiger partial charge in [-0.15, -0.1) is 0 Å². The molecule has 0 aliphatic heterocycles. The van der Waals surface area contributed by atoms with Gasteiger partial charge in [0.15, 0.2) is 0 Å². The topological polar surface area (TPSA) is 15.3 Å². The van der Waals surface area contributed by atoms with Crippen molar-refractivity contribution in [2.24, 2.45) is 5.41 Å². The van der Waals surface area contributed by atoms with Crippen LogP contribution in [0.15, 0.2) is 0 Å². The van der Waals surface area contributed by atoms with Gasteiger partial charge in [0.25, 0.3) is 0 Å². The fourth-order valence-corrected chi connectivity index (χ4v) is 3.55. The molecule has 100 valence electrons. The molecule has 2 fully saturated rings. The first kappa shape index (κ1) is 13.4. The maximum absolute atomic E-state index is 3.89. The third-order valence-electron chi connectivity index (χ3n) is 5.42. The van der Waals surface area contributed by atoms with Gasteiger partial charge in [-0.3, -0.25) is 0 Å². The van der Waals surface area contributed by atoms with Crippen molar-refractivity contribution in [2.45, 2.75) is 70.4 Å². The van der Waals surface area contributed by atoms with Gasteiger partial charge in [0.1, 0.15) is 0 Å². The normalized spacial score (nSPS) is 31.2.